The van der Waals surface area contributed by atoms with E-state index in [2.05, 4.69) is 18.7 Å². The SMILES string of the molecule is CCCC1(CCC)CN(CCCCCO)C1. The van der Waals surface area contributed by atoms with E-state index in [1.54, 1.807) is 0 Å². The van der Waals surface area contributed by atoms with E-state index in [1.807, 2.05) is 0 Å². The smallest absolute Gasteiger partial charge is 0.0431 e. The minimum Gasteiger partial charge on any atom is -0.396 e. The number of unbranched alkanes of at least 4 members (excludes halogenated alkanes) is 2. The summed E-state index contributed by atoms with van der Waals surface area (Å²) >= 11 is 0. The summed E-state index contributed by atoms with van der Waals surface area (Å²) in [6, 6.07) is 0. The highest BCUT2D eigenvalue weighted by molar-refractivity contribution is 4.93. The molecule has 16 heavy (non-hydrogen) atoms. The second kappa shape index (κ2) is 7.29. The predicted octanol–water partition coefficient (Wildman–Crippen LogP) is 3.05. The zero-order valence-corrected chi connectivity index (χ0v) is 11.2. The van der Waals surface area contributed by atoms with Crippen LogP contribution in [0.15, 0.2) is 0 Å². The van der Waals surface area contributed by atoms with Crippen LogP contribution in [0.25, 0.3) is 0 Å². The molecule has 0 aromatic heterocycles. The molecule has 0 bridgehead atoms. The molecule has 1 fully saturated rings. The van der Waals surface area contributed by atoms with Gasteiger partial charge in [0.05, 0.1) is 0 Å². The molecule has 0 amide bonds. The molecule has 0 aromatic rings. The van der Waals surface area contributed by atoms with Gasteiger partial charge >= 0.3 is 0 Å². The van der Waals surface area contributed by atoms with Gasteiger partial charge in [0.25, 0.3) is 0 Å². The minimum atomic E-state index is 0.357. The van der Waals surface area contributed by atoms with Gasteiger partial charge in [-0.25, -0.2) is 0 Å². The minimum absolute atomic E-state index is 0.357. The lowest BCUT2D eigenvalue weighted by molar-refractivity contribution is -0.0153. The number of nitrogens with zero attached hydrogens (tertiary/aromatic N) is 1. The van der Waals surface area contributed by atoms with Crippen LogP contribution in [0.1, 0.15) is 58.8 Å². The predicted molar refractivity (Wildman–Crippen MR) is 69.6 cm³/mol. The summed E-state index contributed by atoms with van der Waals surface area (Å²) in [4.78, 5) is 2.60. The Balaban J connectivity index is 2.12. The molecule has 1 saturated heterocycles. The largest absolute Gasteiger partial charge is 0.396 e. The van der Waals surface area contributed by atoms with Crippen molar-refractivity contribution in [3.8, 4) is 0 Å². The third-order valence-electron chi connectivity index (χ3n) is 3.81. The zero-order chi connectivity index (χ0) is 11.9. The van der Waals surface area contributed by atoms with Crippen LogP contribution in [0, 0.1) is 5.41 Å². The second-order valence-corrected chi connectivity index (χ2v) is 5.49. The molecular weight excluding hydrogens is 198 g/mol. The number of hydrogen-bond donors (Lipinski definition) is 1. The van der Waals surface area contributed by atoms with Gasteiger partial charge in [-0.15, -0.1) is 0 Å². The molecule has 0 spiro atoms. The summed E-state index contributed by atoms with van der Waals surface area (Å²) in [6.45, 7) is 8.87. The fraction of sp³-hybridized carbons (Fsp3) is 1.00. The number of aliphatic hydroxyl groups excluding tert-OH is 1. The molecule has 2 heteroatoms. The molecule has 0 radical (unpaired) electrons. The Kier molecular flexibility index (Phi) is 6.37. The number of aliphatic hydroxyl groups is 1. The van der Waals surface area contributed by atoms with Gasteiger partial charge in [-0.2, -0.15) is 0 Å². The Hall–Kier alpha value is -0.0800. The first-order chi connectivity index (χ1) is 7.76. The quantitative estimate of drug-likeness (QED) is 0.612. The third kappa shape index (κ3) is 4.06. The monoisotopic (exact) mass is 227 g/mol. The molecule has 1 N–H and O–H groups in total. The average Bonchev–Trinajstić information content (AvgIpc) is 2.22. The van der Waals surface area contributed by atoms with E-state index in [1.165, 1.54) is 58.2 Å². The van der Waals surface area contributed by atoms with Gasteiger partial charge in [-0.3, -0.25) is 0 Å². The molecule has 0 aliphatic carbocycles. The van der Waals surface area contributed by atoms with E-state index in [9.17, 15) is 0 Å². The molecule has 1 rings (SSSR count). The molecule has 1 aliphatic rings. The van der Waals surface area contributed by atoms with Crippen LogP contribution in [0.5, 0.6) is 0 Å². The molecule has 0 atom stereocenters. The van der Waals surface area contributed by atoms with E-state index in [0.717, 1.165) is 6.42 Å². The van der Waals surface area contributed by atoms with Crippen molar-refractivity contribution in [3.05, 3.63) is 0 Å². The highest BCUT2D eigenvalue weighted by Crippen LogP contribution is 2.39. The van der Waals surface area contributed by atoms with Crippen LogP contribution in [-0.4, -0.2) is 36.2 Å². The van der Waals surface area contributed by atoms with Crippen LogP contribution in [0.3, 0.4) is 0 Å². The van der Waals surface area contributed by atoms with Crippen molar-refractivity contribution in [2.45, 2.75) is 58.8 Å². The van der Waals surface area contributed by atoms with Crippen molar-refractivity contribution in [1.82, 2.24) is 4.90 Å². The molecule has 0 unspecified atom stereocenters. The summed E-state index contributed by atoms with van der Waals surface area (Å²) in [7, 11) is 0. The summed E-state index contributed by atoms with van der Waals surface area (Å²) in [5.41, 5.74) is 0.667. The van der Waals surface area contributed by atoms with Crippen LogP contribution < -0.4 is 0 Å². The molecule has 2 nitrogen and oxygen atoms in total. The second-order valence-electron chi connectivity index (χ2n) is 5.49. The summed E-state index contributed by atoms with van der Waals surface area (Å²) in [5, 5.41) is 8.71. The van der Waals surface area contributed by atoms with Crippen molar-refractivity contribution in [2.24, 2.45) is 5.41 Å². The van der Waals surface area contributed by atoms with Crippen molar-refractivity contribution in [2.75, 3.05) is 26.2 Å². The zero-order valence-electron chi connectivity index (χ0n) is 11.2. The number of likely N-dealkylation sites (tertiary alicyclic amines) is 1. The maximum absolute atomic E-state index is 8.71. The van der Waals surface area contributed by atoms with Gasteiger partial charge in [0.2, 0.25) is 0 Å². The fourth-order valence-corrected chi connectivity index (χ4v) is 3.19. The lowest BCUT2D eigenvalue weighted by atomic mass is 9.72. The molecule has 0 saturated carbocycles. The topological polar surface area (TPSA) is 23.5 Å². The van der Waals surface area contributed by atoms with Crippen LogP contribution in [-0.2, 0) is 0 Å². The Morgan fingerprint density at radius 1 is 1.00 bits per heavy atom. The maximum Gasteiger partial charge on any atom is 0.0431 e. The third-order valence-corrected chi connectivity index (χ3v) is 3.81. The standard InChI is InChI=1S/C14H29NO/c1-3-8-14(9-4-2)12-15(13-14)10-6-5-7-11-16/h16H,3-13H2,1-2H3. The Morgan fingerprint density at radius 2 is 1.62 bits per heavy atom. The van der Waals surface area contributed by atoms with Crippen LogP contribution in [0.2, 0.25) is 0 Å². The molecular formula is C14H29NO. The Labute approximate surface area is 101 Å². The molecule has 1 heterocycles. The van der Waals surface area contributed by atoms with E-state index < -0.39 is 0 Å². The van der Waals surface area contributed by atoms with Crippen molar-refractivity contribution < 1.29 is 5.11 Å². The van der Waals surface area contributed by atoms with Crippen LogP contribution in [0.4, 0.5) is 0 Å². The first-order valence-electron chi connectivity index (χ1n) is 7.09. The summed E-state index contributed by atoms with van der Waals surface area (Å²) in [5.74, 6) is 0. The first kappa shape index (κ1) is 14.0. The van der Waals surface area contributed by atoms with Gasteiger partial charge in [-0.1, -0.05) is 26.7 Å². The van der Waals surface area contributed by atoms with E-state index in [4.69, 9.17) is 5.11 Å². The van der Waals surface area contributed by atoms with Crippen LogP contribution >= 0.6 is 0 Å². The van der Waals surface area contributed by atoms with Crippen molar-refractivity contribution in [1.29, 1.82) is 0 Å². The van der Waals surface area contributed by atoms with Gasteiger partial charge < -0.3 is 10.0 Å². The number of rotatable bonds is 9. The Bertz CT molecular complexity index is 168. The van der Waals surface area contributed by atoms with Gasteiger partial charge in [0.15, 0.2) is 0 Å². The van der Waals surface area contributed by atoms with Crippen molar-refractivity contribution in [3.63, 3.8) is 0 Å². The van der Waals surface area contributed by atoms with E-state index in [-0.39, 0.29) is 0 Å². The average molecular weight is 227 g/mol. The van der Waals surface area contributed by atoms with E-state index in [0.29, 0.717) is 12.0 Å². The first-order valence-corrected chi connectivity index (χ1v) is 7.09. The lowest BCUT2D eigenvalue weighted by Gasteiger charge is -2.51. The lowest BCUT2D eigenvalue weighted by Crippen LogP contribution is -2.56. The molecule has 96 valence electrons. The normalized spacial score (nSPS) is 19.7. The highest BCUT2D eigenvalue weighted by atomic mass is 16.2. The maximum atomic E-state index is 8.71. The van der Waals surface area contributed by atoms with Gasteiger partial charge in [0.1, 0.15) is 0 Å². The van der Waals surface area contributed by atoms with E-state index >= 15 is 0 Å². The Morgan fingerprint density at radius 3 is 2.12 bits per heavy atom. The number of hydrogen-bond acceptors (Lipinski definition) is 2. The van der Waals surface area contributed by atoms with Gasteiger partial charge in [0, 0.05) is 19.7 Å². The summed E-state index contributed by atoms with van der Waals surface area (Å²) < 4.78 is 0. The van der Waals surface area contributed by atoms with Gasteiger partial charge in [-0.05, 0) is 44.1 Å². The molecule has 1 aliphatic heterocycles. The highest BCUT2D eigenvalue weighted by Gasteiger charge is 2.40. The summed E-state index contributed by atoms with van der Waals surface area (Å²) in [6.07, 6.45) is 8.90. The van der Waals surface area contributed by atoms with Crippen molar-refractivity contribution >= 4 is 0 Å². The molecule has 0 aromatic carbocycles. The fourth-order valence-electron chi connectivity index (χ4n) is 3.19.